The molecule has 1 aromatic carbocycles. The van der Waals surface area contributed by atoms with E-state index in [0.717, 1.165) is 25.7 Å². The van der Waals surface area contributed by atoms with E-state index in [1.165, 1.54) is 29.7 Å². The molecule has 1 aliphatic carbocycles. The third-order valence-corrected chi connectivity index (χ3v) is 5.16. The summed E-state index contributed by atoms with van der Waals surface area (Å²) in [6.45, 7) is 3.63. The van der Waals surface area contributed by atoms with Gasteiger partial charge in [0.15, 0.2) is 6.04 Å². The number of aliphatic hydroxyl groups excluding tert-OH is 1. The summed E-state index contributed by atoms with van der Waals surface area (Å²) in [4.78, 5) is 37.5. The van der Waals surface area contributed by atoms with Gasteiger partial charge in [0.25, 0.3) is 5.91 Å². The summed E-state index contributed by atoms with van der Waals surface area (Å²) in [6, 6.07) is 4.58. The van der Waals surface area contributed by atoms with Crippen molar-refractivity contribution in [1.82, 2.24) is 10.8 Å². The summed E-state index contributed by atoms with van der Waals surface area (Å²) >= 11 is 0. The number of benzene rings is 1. The molecule has 9 nitrogen and oxygen atoms in total. The predicted octanol–water partition coefficient (Wildman–Crippen LogP) is 1.56. The average molecular weight is 422 g/mol. The molecule has 0 saturated heterocycles. The number of nitrogens with one attached hydrogen (secondary N) is 2. The number of ether oxygens (including phenoxy) is 1. The van der Waals surface area contributed by atoms with Crippen LogP contribution < -0.4 is 10.8 Å². The Morgan fingerprint density at radius 1 is 1.10 bits per heavy atom. The van der Waals surface area contributed by atoms with Gasteiger partial charge in [0.05, 0.1) is 5.92 Å². The van der Waals surface area contributed by atoms with Crippen molar-refractivity contribution in [3.05, 3.63) is 29.8 Å². The van der Waals surface area contributed by atoms with Crippen molar-refractivity contribution in [3.63, 3.8) is 0 Å². The Morgan fingerprint density at radius 2 is 1.70 bits per heavy atom. The van der Waals surface area contributed by atoms with E-state index >= 15 is 0 Å². The molecule has 0 bridgehead atoms. The molecule has 0 unspecified atom stereocenters. The van der Waals surface area contributed by atoms with Crippen LogP contribution in [0.1, 0.15) is 57.6 Å². The van der Waals surface area contributed by atoms with Crippen molar-refractivity contribution in [1.29, 1.82) is 0 Å². The highest BCUT2D eigenvalue weighted by Gasteiger charge is 2.36. The number of phenols is 1. The molecule has 30 heavy (non-hydrogen) atoms. The lowest BCUT2D eigenvalue weighted by Crippen LogP contribution is -2.47. The molecule has 1 saturated carbocycles. The maximum atomic E-state index is 12.9. The summed E-state index contributed by atoms with van der Waals surface area (Å²) in [5, 5.41) is 31.1. The molecule has 0 heterocycles. The molecule has 0 aliphatic heterocycles. The Kier molecular flexibility index (Phi) is 8.61. The van der Waals surface area contributed by atoms with E-state index in [2.05, 4.69) is 5.32 Å². The van der Waals surface area contributed by atoms with E-state index in [1.807, 2.05) is 13.8 Å². The number of hydrogen-bond donors (Lipinski definition) is 5. The van der Waals surface area contributed by atoms with Crippen molar-refractivity contribution in [2.45, 2.75) is 64.2 Å². The number of carbonyl (C=O) groups excluding carboxylic acids is 3. The molecule has 2 amide bonds. The number of hydrogen-bond acceptors (Lipinski definition) is 7. The van der Waals surface area contributed by atoms with Crippen LogP contribution in [0.2, 0.25) is 0 Å². The van der Waals surface area contributed by atoms with Crippen LogP contribution in [0.3, 0.4) is 0 Å². The Morgan fingerprint density at radius 3 is 2.23 bits per heavy atom. The van der Waals surface area contributed by atoms with E-state index in [1.54, 1.807) is 0 Å². The number of aromatic hydroxyl groups is 1. The van der Waals surface area contributed by atoms with E-state index in [-0.39, 0.29) is 24.2 Å². The topological polar surface area (TPSA) is 145 Å². The number of aliphatic hydroxyl groups is 1. The molecule has 0 aromatic heterocycles. The van der Waals surface area contributed by atoms with E-state index < -0.39 is 35.8 Å². The van der Waals surface area contributed by atoms with E-state index in [9.17, 15) is 24.6 Å². The number of rotatable bonds is 9. The highest BCUT2D eigenvalue weighted by atomic mass is 16.5. The number of hydroxylamine groups is 1. The van der Waals surface area contributed by atoms with Gasteiger partial charge in [-0.1, -0.05) is 26.0 Å². The summed E-state index contributed by atoms with van der Waals surface area (Å²) < 4.78 is 5.55. The molecule has 166 valence electrons. The lowest BCUT2D eigenvalue weighted by molar-refractivity contribution is -0.154. The van der Waals surface area contributed by atoms with Crippen molar-refractivity contribution >= 4 is 17.8 Å². The summed E-state index contributed by atoms with van der Waals surface area (Å²) in [7, 11) is 0. The maximum absolute atomic E-state index is 12.9. The van der Waals surface area contributed by atoms with Crippen LogP contribution in [-0.2, 0) is 19.1 Å². The quantitative estimate of drug-likeness (QED) is 0.231. The molecule has 5 N–H and O–H groups in total. The maximum Gasteiger partial charge on any atom is 0.333 e. The lowest BCUT2D eigenvalue weighted by atomic mass is 9.90. The fourth-order valence-corrected chi connectivity index (χ4v) is 3.57. The second kappa shape index (κ2) is 10.9. The van der Waals surface area contributed by atoms with Crippen LogP contribution in [0.5, 0.6) is 5.75 Å². The van der Waals surface area contributed by atoms with Crippen molar-refractivity contribution < 1.29 is 34.5 Å². The standard InChI is InChI=1S/C21H30N2O7/c1-12(2)11-16(18(25)20(27)23-29)19(26)22-17(13-7-9-14(24)10-8-13)21(28)30-15-5-3-4-6-15/h7-10,12,15-18,24-25,29H,3-6,11H2,1-2H3,(H,22,26)(H,23,27)/t16-,17+,18+/m1/s1. The van der Waals surface area contributed by atoms with Crippen LogP contribution in [-0.4, -0.2) is 45.4 Å². The van der Waals surface area contributed by atoms with Gasteiger partial charge in [-0.3, -0.25) is 14.8 Å². The second-order valence-corrected chi connectivity index (χ2v) is 8.03. The normalized spacial score (nSPS) is 17.2. The molecule has 2 rings (SSSR count). The van der Waals surface area contributed by atoms with Gasteiger partial charge < -0.3 is 20.3 Å². The number of phenolic OH excluding ortho intramolecular Hbond substituents is 1. The monoisotopic (exact) mass is 422 g/mol. The third kappa shape index (κ3) is 6.43. The zero-order valence-electron chi connectivity index (χ0n) is 17.2. The first-order valence-corrected chi connectivity index (χ1v) is 10.1. The summed E-state index contributed by atoms with van der Waals surface area (Å²) in [6.07, 6.45) is 1.59. The van der Waals surface area contributed by atoms with Gasteiger partial charge in [-0.25, -0.2) is 10.3 Å². The first-order chi connectivity index (χ1) is 14.2. The minimum atomic E-state index is -1.79. The smallest absolute Gasteiger partial charge is 0.333 e. The number of esters is 1. The zero-order valence-corrected chi connectivity index (χ0v) is 17.2. The van der Waals surface area contributed by atoms with Gasteiger partial charge in [-0.2, -0.15) is 0 Å². The van der Waals surface area contributed by atoms with Gasteiger partial charge in [0, 0.05) is 0 Å². The number of carbonyl (C=O) groups is 3. The minimum absolute atomic E-state index is 0.000658. The first kappa shape index (κ1) is 23.6. The second-order valence-electron chi connectivity index (χ2n) is 8.03. The number of amides is 2. The summed E-state index contributed by atoms with van der Waals surface area (Å²) in [5.41, 5.74) is 1.74. The highest BCUT2D eigenvalue weighted by Crippen LogP contribution is 2.26. The van der Waals surface area contributed by atoms with Gasteiger partial charge >= 0.3 is 5.97 Å². The van der Waals surface area contributed by atoms with Crippen molar-refractivity contribution in [2.24, 2.45) is 11.8 Å². The Hall–Kier alpha value is -2.65. The van der Waals surface area contributed by atoms with Crippen molar-refractivity contribution in [3.8, 4) is 5.75 Å². The molecule has 0 spiro atoms. The Balaban J connectivity index is 2.24. The van der Waals surface area contributed by atoms with Crippen LogP contribution in [0.15, 0.2) is 24.3 Å². The molecule has 3 atom stereocenters. The van der Waals surface area contributed by atoms with Crippen LogP contribution in [0.4, 0.5) is 0 Å². The third-order valence-electron chi connectivity index (χ3n) is 5.16. The highest BCUT2D eigenvalue weighted by molar-refractivity contribution is 5.91. The molecule has 0 radical (unpaired) electrons. The molecule has 1 aliphatic rings. The molecule has 1 fully saturated rings. The predicted molar refractivity (Wildman–Crippen MR) is 106 cm³/mol. The van der Waals surface area contributed by atoms with E-state index in [0.29, 0.717) is 5.56 Å². The zero-order chi connectivity index (χ0) is 22.3. The molecule has 9 heteroatoms. The van der Waals surface area contributed by atoms with Gasteiger partial charge in [0.1, 0.15) is 18.0 Å². The molecular formula is C21H30N2O7. The van der Waals surface area contributed by atoms with Gasteiger partial charge in [-0.15, -0.1) is 0 Å². The molecular weight excluding hydrogens is 392 g/mol. The largest absolute Gasteiger partial charge is 0.508 e. The van der Waals surface area contributed by atoms with Gasteiger partial charge in [-0.05, 0) is 55.7 Å². The average Bonchev–Trinajstić information content (AvgIpc) is 3.22. The van der Waals surface area contributed by atoms with Crippen LogP contribution in [0, 0.1) is 11.8 Å². The fourth-order valence-electron chi connectivity index (χ4n) is 3.57. The van der Waals surface area contributed by atoms with Crippen LogP contribution in [0.25, 0.3) is 0 Å². The first-order valence-electron chi connectivity index (χ1n) is 10.1. The van der Waals surface area contributed by atoms with E-state index in [4.69, 9.17) is 9.94 Å². The summed E-state index contributed by atoms with van der Waals surface area (Å²) in [5.74, 6) is -3.70. The lowest BCUT2D eigenvalue weighted by Gasteiger charge is -2.26. The van der Waals surface area contributed by atoms with Gasteiger partial charge in [0.2, 0.25) is 5.91 Å². The van der Waals surface area contributed by atoms with Crippen LogP contribution >= 0.6 is 0 Å². The minimum Gasteiger partial charge on any atom is -0.508 e. The molecule has 1 aromatic rings. The Labute approximate surface area is 175 Å². The van der Waals surface area contributed by atoms with Crippen molar-refractivity contribution in [2.75, 3.05) is 0 Å². The fraction of sp³-hybridized carbons (Fsp3) is 0.571. The SMILES string of the molecule is CC(C)C[C@@H](C(=O)N[C@H](C(=O)OC1CCCC1)c1ccc(O)cc1)[C@H](O)C(=O)NO. The Bertz CT molecular complexity index is 729.